The average Bonchev–Trinajstić information content (AvgIpc) is 2.46. The summed E-state index contributed by atoms with van der Waals surface area (Å²) in [4.78, 5) is 4.40. The van der Waals surface area contributed by atoms with Crippen LogP contribution in [0, 0.1) is 11.3 Å². The molecule has 2 rings (SSSR count). The van der Waals surface area contributed by atoms with Crippen molar-refractivity contribution in [3.63, 3.8) is 0 Å². The minimum absolute atomic E-state index is 0.505. The molecule has 0 spiro atoms. The summed E-state index contributed by atoms with van der Waals surface area (Å²) in [6.45, 7) is 0. The molecule has 0 amide bonds. The van der Waals surface area contributed by atoms with Crippen LogP contribution in [0.2, 0.25) is 5.02 Å². The number of pyridine rings is 1. The van der Waals surface area contributed by atoms with E-state index in [9.17, 15) is 0 Å². The number of nitriles is 1. The zero-order valence-electron chi connectivity index (χ0n) is 10.6. The second-order valence-corrected chi connectivity index (χ2v) is 4.21. The average molecular weight is 274 g/mol. The Bertz CT molecular complexity index is 650. The maximum Gasteiger partial charge on any atom is 0.144 e. The second kappa shape index (κ2) is 5.59. The van der Waals surface area contributed by atoms with Crippen molar-refractivity contribution in [1.29, 1.82) is 5.26 Å². The van der Waals surface area contributed by atoms with Crippen LogP contribution in [0.4, 0.5) is 5.82 Å². The van der Waals surface area contributed by atoms with Gasteiger partial charge < -0.3 is 10.1 Å². The SMILES string of the molecule is CNc1nc(-c2ccc(OC)c(Cl)c2)ccc1C#N. The maximum absolute atomic E-state index is 8.96. The Labute approximate surface area is 116 Å². The van der Waals surface area contributed by atoms with E-state index in [0.29, 0.717) is 22.2 Å². The summed E-state index contributed by atoms with van der Waals surface area (Å²) < 4.78 is 5.11. The van der Waals surface area contributed by atoms with E-state index >= 15 is 0 Å². The number of hydrogen-bond donors (Lipinski definition) is 1. The number of aromatic nitrogens is 1. The molecule has 0 aliphatic heterocycles. The molecule has 1 aromatic carbocycles. The monoisotopic (exact) mass is 273 g/mol. The van der Waals surface area contributed by atoms with Crippen molar-refractivity contribution in [3.05, 3.63) is 40.9 Å². The lowest BCUT2D eigenvalue weighted by Gasteiger charge is -2.08. The zero-order valence-corrected chi connectivity index (χ0v) is 11.3. The van der Waals surface area contributed by atoms with Crippen LogP contribution in [0.25, 0.3) is 11.3 Å². The van der Waals surface area contributed by atoms with Crippen molar-refractivity contribution in [1.82, 2.24) is 4.98 Å². The predicted octanol–water partition coefficient (Wildman–Crippen LogP) is 3.32. The van der Waals surface area contributed by atoms with E-state index in [2.05, 4.69) is 16.4 Å². The van der Waals surface area contributed by atoms with Crippen LogP contribution in [0.3, 0.4) is 0 Å². The minimum atomic E-state index is 0.505. The molecule has 0 bridgehead atoms. The molecule has 0 aliphatic carbocycles. The number of anilines is 1. The van der Waals surface area contributed by atoms with Crippen molar-refractivity contribution < 1.29 is 4.74 Å². The third-order valence-electron chi connectivity index (χ3n) is 2.70. The first-order chi connectivity index (χ1) is 9.19. The van der Waals surface area contributed by atoms with E-state index in [0.717, 1.165) is 11.3 Å². The van der Waals surface area contributed by atoms with Gasteiger partial charge in [0, 0.05) is 12.6 Å². The molecule has 0 atom stereocenters. The van der Waals surface area contributed by atoms with Crippen molar-refractivity contribution in [2.45, 2.75) is 0 Å². The van der Waals surface area contributed by atoms with E-state index in [4.69, 9.17) is 21.6 Å². The van der Waals surface area contributed by atoms with Crippen LogP contribution in [-0.4, -0.2) is 19.1 Å². The Hall–Kier alpha value is -2.25. The highest BCUT2D eigenvalue weighted by Gasteiger charge is 2.08. The lowest BCUT2D eigenvalue weighted by Crippen LogP contribution is -1.97. The first-order valence-corrected chi connectivity index (χ1v) is 6.00. The number of ether oxygens (including phenoxy) is 1. The van der Waals surface area contributed by atoms with Crippen molar-refractivity contribution in [2.75, 3.05) is 19.5 Å². The molecule has 2 aromatic rings. The summed E-state index contributed by atoms with van der Waals surface area (Å²) in [5.41, 5.74) is 2.12. The van der Waals surface area contributed by atoms with Gasteiger partial charge in [-0.3, -0.25) is 0 Å². The molecule has 19 heavy (non-hydrogen) atoms. The summed E-state index contributed by atoms with van der Waals surface area (Å²) in [6.07, 6.45) is 0. The fourth-order valence-corrected chi connectivity index (χ4v) is 1.98. The summed E-state index contributed by atoms with van der Waals surface area (Å²) in [5.74, 6) is 1.17. The number of nitrogens with zero attached hydrogens (tertiary/aromatic N) is 2. The Morgan fingerprint density at radius 2 is 2.11 bits per heavy atom. The zero-order chi connectivity index (χ0) is 13.8. The van der Waals surface area contributed by atoms with Gasteiger partial charge in [-0.2, -0.15) is 5.26 Å². The van der Waals surface area contributed by atoms with Gasteiger partial charge in [0.1, 0.15) is 17.6 Å². The van der Waals surface area contributed by atoms with Gasteiger partial charge >= 0.3 is 0 Å². The van der Waals surface area contributed by atoms with E-state index in [-0.39, 0.29) is 0 Å². The van der Waals surface area contributed by atoms with Crippen molar-refractivity contribution >= 4 is 17.4 Å². The summed E-state index contributed by atoms with van der Waals surface area (Å²) in [5, 5.41) is 12.4. The molecular weight excluding hydrogens is 262 g/mol. The third kappa shape index (κ3) is 2.61. The fourth-order valence-electron chi connectivity index (χ4n) is 1.73. The standard InChI is InChI=1S/C14H12ClN3O/c1-17-14-10(8-16)3-5-12(18-14)9-4-6-13(19-2)11(15)7-9/h3-7H,1-2H3,(H,17,18). The van der Waals surface area contributed by atoms with Crippen LogP contribution >= 0.6 is 11.6 Å². The van der Waals surface area contributed by atoms with Gasteiger partial charge in [0.05, 0.1) is 23.4 Å². The number of halogens is 1. The summed E-state index contributed by atoms with van der Waals surface area (Å²) >= 11 is 6.09. The lowest BCUT2D eigenvalue weighted by molar-refractivity contribution is 0.415. The molecular formula is C14H12ClN3O. The van der Waals surface area contributed by atoms with Gasteiger partial charge in [0.25, 0.3) is 0 Å². The molecule has 0 saturated carbocycles. The van der Waals surface area contributed by atoms with Gasteiger partial charge in [-0.25, -0.2) is 4.98 Å². The van der Waals surface area contributed by atoms with Crippen molar-refractivity contribution in [3.8, 4) is 23.1 Å². The highest BCUT2D eigenvalue weighted by Crippen LogP contribution is 2.30. The highest BCUT2D eigenvalue weighted by atomic mass is 35.5. The summed E-state index contributed by atoms with van der Waals surface area (Å²) in [6, 6.07) is 11.0. The smallest absolute Gasteiger partial charge is 0.144 e. The first kappa shape index (κ1) is 13.2. The molecule has 0 saturated heterocycles. The Balaban J connectivity index is 2.48. The molecule has 5 heteroatoms. The molecule has 96 valence electrons. The lowest BCUT2D eigenvalue weighted by atomic mass is 10.1. The normalized spacial score (nSPS) is 9.79. The molecule has 1 heterocycles. The van der Waals surface area contributed by atoms with Crippen LogP contribution in [-0.2, 0) is 0 Å². The molecule has 4 nitrogen and oxygen atoms in total. The number of hydrogen-bond acceptors (Lipinski definition) is 4. The molecule has 0 radical (unpaired) electrons. The number of methoxy groups -OCH3 is 1. The predicted molar refractivity (Wildman–Crippen MR) is 75.5 cm³/mol. The van der Waals surface area contributed by atoms with E-state index in [1.54, 1.807) is 38.4 Å². The molecule has 1 N–H and O–H groups in total. The Morgan fingerprint density at radius 3 is 2.68 bits per heavy atom. The first-order valence-electron chi connectivity index (χ1n) is 5.62. The molecule has 1 aromatic heterocycles. The van der Waals surface area contributed by atoms with Crippen molar-refractivity contribution in [2.24, 2.45) is 0 Å². The van der Waals surface area contributed by atoms with Gasteiger partial charge in [-0.05, 0) is 30.3 Å². The largest absolute Gasteiger partial charge is 0.495 e. The van der Waals surface area contributed by atoms with Crippen LogP contribution in [0.1, 0.15) is 5.56 Å². The van der Waals surface area contributed by atoms with Gasteiger partial charge in [0.2, 0.25) is 0 Å². The summed E-state index contributed by atoms with van der Waals surface area (Å²) in [7, 11) is 3.30. The van der Waals surface area contributed by atoms with Gasteiger partial charge in [-0.15, -0.1) is 0 Å². The Morgan fingerprint density at radius 1 is 1.32 bits per heavy atom. The molecule has 0 fully saturated rings. The Kier molecular flexibility index (Phi) is 3.88. The maximum atomic E-state index is 8.96. The minimum Gasteiger partial charge on any atom is -0.495 e. The van der Waals surface area contributed by atoms with E-state index in [1.165, 1.54) is 0 Å². The van der Waals surface area contributed by atoms with E-state index < -0.39 is 0 Å². The van der Waals surface area contributed by atoms with Crippen LogP contribution in [0.5, 0.6) is 5.75 Å². The number of rotatable bonds is 3. The van der Waals surface area contributed by atoms with Crippen LogP contribution < -0.4 is 10.1 Å². The topological polar surface area (TPSA) is 57.9 Å². The van der Waals surface area contributed by atoms with Crippen LogP contribution in [0.15, 0.2) is 30.3 Å². The number of nitrogens with one attached hydrogen (secondary N) is 1. The quantitative estimate of drug-likeness (QED) is 0.932. The van der Waals surface area contributed by atoms with Gasteiger partial charge in [0.15, 0.2) is 0 Å². The fraction of sp³-hybridized carbons (Fsp3) is 0.143. The molecule has 0 aliphatic rings. The van der Waals surface area contributed by atoms with Gasteiger partial charge in [-0.1, -0.05) is 11.6 Å². The second-order valence-electron chi connectivity index (χ2n) is 3.80. The van der Waals surface area contributed by atoms with E-state index in [1.807, 2.05) is 6.07 Å². The number of benzene rings is 1. The third-order valence-corrected chi connectivity index (χ3v) is 3.00. The highest BCUT2D eigenvalue weighted by molar-refractivity contribution is 6.32. The molecule has 0 unspecified atom stereocenters.